The molecule has 0 radical (unpaired) electrons. The maximum absolute atomic E-state index is 12.4. The normalized spacial score (nSPS) is 15.5. The Labute approximate surface area is 141 Å². The van der Waals surface area contributed by atoms with Gasteiger partial charge in [-0.15, -0.1) is 10.2 Å². The molecule has 6 heteroatoms. The van der Waals surface area contributed by atoms with Crippen molar-refractivity contribution in [3.8, 4) is 5.75 Å². The fourth-order valence-electron chi connectivity index (χ4n) is 3.09. The lowest BCUT2D eigenvalue weighted by atomic mass is 9.96. The smallest absolute Gasteiger partial charge is 0.222 e. The first-order chi connectivity index (χ1) is 11.7. The number of hydrogen-bond acceptors (Lipinski definition) is 5. The fraction of sp³-hybridized carbons (Fsp3) is 0.500. The standard InChI is InChI=1S/C18H23N3O3/c1-13-19-20-18(24-13)15-8-10-21(11-9-15)17(22)7-6-14-4-3-5-16(12-14)23-2/h3-5,12,15H,6-11H2,1-2H3. The lowest BCUT2D eigenvalue weighted by Crippen LogP contribution is -2.38. The predicted molar refractivity (Wildman–Crippen MR) is 88.9 cm³/mol. The molecule has 1 aliphatic rings. The molecule has 1 aromatic heterocycles. The molecule has 0 bridgehead atoms. The van der Waals surface area contributed by atoms with E-state index in [2.05, 4.69) is 10.2 Å². The highest BCUT2D eigenvalue weighted by Crippen LogP contribution is 2.27. The molecule has 1 saturated heterocycles. The largest absolute Gasteiger partial charge is 0.497 e. The number of aryl methyl sites for hydroxylation is 2. The van der Waals surface area contributed by atoms with Crippen molar-refractivity contribution in [3.05, 3.63) is 41.6 Å². The highest BCUT2D eigenvalue weighted by atomic mass is 16.5. The van der Waals surface area contributed by atoms with Crippen LogP contribution in [0.15, 0.2) is 28.7 Å². The van der Waals surface area contributed by atoms with Crippen LogP contribution in [0.1, 0.15) is 42.5 Å². The zero-order chi connectivity index (χ0) is 16.9. The summed E-state index contributed by atoms with van der Waals surface area (Å²) >= 11 is 0. The Kier molecular flexibility index (Phi) is 5.13. The summed E-state index contributed by atoms with van der Waals surface area (Å²) in [6.45, 7) is 3.31. The van der Waals surface area contributed by atoms with Gasteiger partial charge in [-0.2, -0.15) is 0 Å². The zero-order valence-electron chi connectivity index (χ0n) is 14.2. The van der Waals surface area contributed by atoms with Crippen LogP contribution in [0.3, 0.4) is 0 Å². The molecular formula is C18H23N3O3. The molecule has 0 atom stereocenters. The number of nitrogens with zero attached hydrogens (tertiary/aromatic N) is 3. The number of piperidine rings is 1. The topological polar surface area (TPSA) is 68.5 Å². The van der Waals surface area contributed by atoms with E-state index in [1.807, 2.05) is 29.2 Å². The molecule has 2 aromatic rings. The zero-order valence-corrected chi connectivity index (χ0v) is 14.2. The summed E-state index contributed by atoms with van der Waals surface area (Å²) in [5.41, 5.74) is 1.12. The molecule has 0 unspecified atom stereocenters. The van der Waals surface area contributed by atoms with Gasteiger partial charge in [0.2, 0.25) is 17.7 Å². The van der Waals surface area contributed by atoms with Crippen LogP contribution in [0.4, 0.5) is 0 Å². The van der Waals surface area contributed by atoms with Gasteiger partial charge in [0.25, 0.3) is 0 Å². The summed E-state index contributed by atoms with van der Waals surface area (Å²) in [5, 5.41) is 7.99. The SMILES string of the molecule is COc1cccc(CCC(=O)N2CCC(c3nnc(C)o3)CC2)c1. The molecule has 0 saturated carbocycles. The molecule has 3 rings (SSSR count). The first kappa shape index (κ1) is 16.5. The molecule has 0 aliphatic carbocycles. The highest BCUT2D eigenvalue weighted by Gasteiger charge is 2.26. The number of carbonyl (C=O) groups excluding carboxylic acids is 1. The van der Waals surface area contributed by atoms with Crippen molar-refractivity contribution < 1.29 is 13.9 Å². The van der Waals surface area contributed by atoms with Crippen molar-refractivity contribution in [2.75, 3.05) is 20.2 Å². The van der Waals surface area contributed by atoms with Crippen LogP contribution in [0.2, 0.25) is 0 Å². The Morgan fingerprint density at radius 1 is 1.33 bits per heavy atom. The monoisotopic (exact) mass is 329 g/mol. The van der Waals surface area contributed by atoms with Gasteiger partial charge in [-0.25, -0.2) is 0 Å². The van der Waals surface area contributed by atoms with Gasteiger partial charge < -0.3 is 14.1 Å². The van der Waals surface area contributed by atoms with Crippen LogP contribution in [0, 0.1) is 6.92 Å². The third-order valence-electron chi connectivity index (χ3n) is 4.50. The van der Waals surface area contributed by atoms with E-state index in [9.17, 15) is 4.79 Å². The van der Waals surface area contributed by atoms with Gasteiger partial charge in [0.05, 0.1) is 7.11 Å². The summed E-state index contributed by atoms with van der Waals surface area (Å²) < 4.78 is 10.7. The van der Waals surface area contributed by atoms with Crippen LogP contribution >= 0.6 is 0 Å². The second-order valence-electron chi connectivity index (χ2n) is 6.17. The minimum atomic E-state index is 0.206. The minimum Gasteiger partial charge on any atom is -0.497 e. The van der Waals surface area contributed by atoms with Crippen LogP contribution in [0.25, 0.3) is 0 Å². The number of amides is 1. The molecule has 6 nitrogen and oxygen atoms in total. The Bertz CT molecular complexity index is 690. The van der Waals surface area contributed by atoms with Crippen LogP contribution in [0.5, 0.6) is 5.75 Å². The lowest BCUT2D eigenvalue weighted by Gasteiger charge is -2.30. The van der Waals surface area contributed by atoms with Crippen molar-refractivity contribution in [2.45, 2.75) is 38.5 Å². The van der Waals surface area contributed by atoms with Crippen molar-refractivity contribution in [1.82, 2.24) is 15.1 Å². The van der Waals surface area contributed by atoms with Crippen molar-refractivity contribution >= 4 is 5.91 Å². The van der Waals surface area contributed by atoms with Crippen molar-refractivity contribution in [2.24, 2.45) is 0 Å². The number of likely N-dealkylation sites (tertiary alicyclic amines) is 1. The first-order valence-corrected chi connectivity index (χ1v) is 8.36. The van der Waals surface area contributed by atoms with Gasteiger partial charge in [0.15, 0.2) is 0 Å². The molecule has 128 valence electrons. The van der Waals surface area contributed by atoms with Crippen molar-refractivity contribution in [1.29, 1.82) is 0 Å². The second kappa shape index (κ2) is 7.47. The minimum absolute atomic E-state index is 0.206. The number of aromatic nitrogens is 2. The predicted octanol–water partition coefficient (Wildman–Crippen LogP) is 2.73. The number of methoxy groups -OCH3 is 1. The van der Waals surface area contributed by atoms with Gasteiger partial charge in [-0.05, 0) is 37.0 Å². The van der Waals surface area contributed by atoms with Gasteiger partial charge in [0.1, 0.15) is 5.75 Å². The number of ether oxygens (including phenoxy) is 1. The number of benzene rings is 1. The third-order valence-corrected chi connectivity index (χ3v) is 4.50. The number of hydrogen-bond donors (Lipinski definition) is 0. The van der Waals surface area contributed by atoms with Crippen LogP contribution in [-0.2, 0) is 11.2 Å². The molecule has 2 heterocycles. The third kappa shape index (κ3) is 3.93. The Hall–Kier alpha value is -2.37. The number of carbonyl (C=O) groups is 1. The van der Waals surface area contributed by atoms with E-state index in [4.69, 9.17) is 9.15 Å². The molecule has 24 heavy (non-hydrogen) atoms. The molecule has 1 amide bonds. The van der Waals surface area contributed by atoms with Gasteiger partial charge in [0, 0.05) is 32.4 Å². The van der Waals surface area contributed by atoms with E-state index < -0.39 is 0 Å². The van der Waals surface area contributed by atoms with E-state index in [1.165, 1.54) is 0 Å². The van der Waals surface area contributed by atoms with E-state index in [1.54, 1.807) is 14.0 Å². The van der Waals surface area contributed by atoms with E-state index >= 15 is 0 Å². The summed E-state index contributed by atoms with van der Waals surface area (Å²) in [7, 11) is 1.65. The van der Waals surface area contributed by atoms with E-state index in [0.29, 0.717) is 18.2 Å². The van der Waals surface area contributed by atoms with E-state index in [-0.39, 0.29) is 11.8 Å². The lowest BCUT2D eigenvalue weighted by molar-refractivity contribution is -0.132. The summed E-state index contributed by atoms with van der Waals surface area (Å²) in [4.78, 5) is 14.4. The molecule has 0 N–H and O–H groups in total. The Balaban J connectivity index is 1.48. The Morgan fingerprint density at radius 3 is 2.79 bits per heavy atom. The molecule has 1 aromatic carbocycles. The van der Waals surface area contributed by atoms with E-state index in [0.717, 1.165) is 43.7 Å². The van der Waals surface area contributed by atoms with Crippen LogP contribution in [-0.4, -0.2) is 41.2 Å². The molecular weight excluding hydrogens is 306 g/mol. The first-order valence-electron chi connectivity index (χ1n) is 8.36. The summed E-state index contributed by atoms with van der Waals surface area (Å²) in [6.07, 6.45) is 3.02. The molecule has 0 spiro atoms. The quantitative estimate of drug-likeness (QED) is 0.843. The molecule has 1 aliphatic heterocycles. The Morgan fingerprint density at radius 2 is 2.12 bits per heavy atom. The second-order valence-corrected chi connectivity index (χ2v) is 6.17. The maximum Gasteiger partial charge on any atom is 0.222 e. The average Bonchev–Trinajstić information content (AvgIpc) is 3.06. The average molecular weight is 329 g/mol. The number of rotatable bonds is 5. The summed E-state index contributed by atoms with van der Waals surface area (Å²) in [5.74, 6) is 2.61. The maximum atomic E-state index is 12.4. The van der Waals surface area contributed by atoms with Gasteiger partial charge in [-0.3, -0.25) is 4.79 Å². The fourth-order valence-corrected chi connectivity index (χ4v) is 3.09. The van der Waals surface area contributed by atoms with Gasteiger partial charge >= 0.3 is 0 Å². The summed E-state index contributed by atoms with van der Waals surface area (Å²) in [6, 6.07) is 7.88. The van der Waals surface area contributed by atoms with Gasteiger partial charge in [-0.1, -0.05) is 12.1 Å². The van der Waals surface area contributed by atoms with Crippen molar-refractivity contribution in [3.63, 3.8) is 0 Å². The highest BCUT2D eigenvalue weighted by molar-refractivity contribution is 5.76. The van der Waals surface area contributed by atoms with Crippen LogP contribution < -0.4 is 4.74 Å². The molecule has 1 fully saturated rings.